The number of likely N-dealkylation sites (tertiary alicyclic amines) is 2. The number of piperidine rings is 1. The van der Waals surface area contributed by atoms with Crippen molar-refractivity contribution in [3.63, 3.8) is 0 Å². The molecule has 3 rings (SSSR count). The normalized spacial score (nSPS) is 24.3. The van der Waals surface area contributed by atoms with Gasteiger partial charge in [0.25, 0.3) is 0 Å². The number of nitrogens with zero attached hydrogens (tertiary/aromatic N) is 2. The highest BCUT2D eigenvalue weighted by molar-refractivity contribution is 8.23. The molecule has 1 saturated carbocycles. The lowest BCUT2D eigenvalue weighted by atomic mass is 10.1. The predicted molar refractivity (Wildman–Crippen MR) is 91.6 cm³/mol. The number of rotatable bonds is 4. The van der Waals surface area contributed by atoms with Crippen molar-refractivity contribution in [1.29, 1.82) is 0 Å². The number of carbonyl (C=O) groups is 1. The van der Waals surface area contributed by atoms with Gasteiger partial charge in [-0.25, -0.2) is 0 Å². The number of thiocarbonyl (C=S) groups is 1. The second-order valence-electron chi connectivity index (χ2n) is 6.36. The maximum atomic E-state index is 12.0. The highest BCUT2D eigenvalue weighted by atomic mass is 32.2. The molecule has 1 N–H and O–H groups in total. The van der Waals surface area contributed by atoms with E-state index in [0.717, 1.165) is 49.4 Å². The molecule has 118 valence electrons. The fourth-order valence-corrected chi connectivity index (χ4v) is 4.30. The van der Waals surface area contributed by atoms with Gasteiger partial charge in [-0.05, 0) is 38.5 Å². The molecule has 0 aromatic carbocycles. The molecule has 0 atom stereocenters. The van der Waals surface area contributed by atoms with Gasteiger partial charge in [-0.2, -0.15) is 0 Å². The SMILES string of the molecule is O=C(CSC(=S)N1CCCC1)NC1CCN(C2CC2)CC1. The van der Waals surface area contributed by atoms with Crippen LogP contribution in [-0.2, 0) is 4.79 Å². The van der Waals surface area contributed by atoms with E-state index in [9.17, 15) is 4.79 Å². The number of thioether (sulfide) groups is 1. The van der Waals surface area contributed by atoms with Gasteiger partial charge >= 0.3 is 0 Å². The zero-order valence-electron chi connectivity index (χ0n) is 12.6. The van der Waals surface area contributed by atoms with E-state index in [-0.39, 0.29) is 5.91 Å². The topological polar surface area (TPSA) is 35.6 Å². The molecule has 0 spiro atoms. The monoisotopic (exact) mass is 327 g/mol. The Labute approximate surface area is 137 Å². The van der Waals surface area contributed by atoms with E-state index in [1.165, 1.54) is 37.4 Å². The van der Waals surface area contributed by atoms with Crippen molar-refractivity contribution in [3.05, 3.63) is 0 Å². The van der Waals surface area contributed by atoms with Crippen LogP contribution < -0.4 is 5.32 Å². The minimum Gasteiger partial charge on any atom is -0.358 e. The first-order valence-electron chi connectivity index (χ1n) is 8.17. The summed E-state index contributed by atoms with van der Waals surface area (Å²) in [6.45, 7) is 4.42. The molecule has 0 aromatic heterocycles. The van der Waals surface area contributed by atoms with Crippen LogP contribution in [0.4, 0.5) is 0 Å². The van der Waals surface area contributed by atoms with E-state index in [1.807, 2.05) is 0 Å². The lowest BCUT2D eigenvalue weighted by Gasteiger charge is -2.32. The van der Waals surface area contributed by atoms with Crippen LogP contribution in [0.1, 0.15) is 38.5 Å². The summed E-state index contributed by atoms with van der Waals surface area (Å²) in [6, 6.07) is 1.23. The number of hydrogen-bond donors (Lipinski definition) is 1. The Kier molecular flexibility index (Phi) is 5.40. The van der Waals surface area contributed by atoms with Gasteiger partial charge in [0.1, 0.15) is 4.32 Å². The van der Waals surface area contributed by atoms with E-state index in [2.05, 4.69) is 15.1 Å². The van der Waals surface area contributed by atoms with Crippen LogP contribution in [0.3, 0.4) is 0 Å². The lowest BCUT2D eigenvalue weighted by molar-refractivity contribution is -0.119. The molecule has 0 unspecified atom stereocenters. The van der Waals surface area contributed by atoms with Crippen LogP contribution in [0.25, 0.3) is 0 Å². The summed E-state index contributed by atoms with van der Waals surface area (Å²) in [5.41, 5.74) is 0. The fourth-order valence-electron chi connectivity index (χ4n) is 3.24. The van der Waals surface area contributed by atoms with E-state index in [0.29, 0.717) is 11.8 Å². The Morgan fingerprint density at radius 3 is 2.38 bits per heavy atom. The molecule has 1 aliphatic carbocycles. The first kappa shape index (κ1) is 15.6. The summed E-state index contributed by atoms with van der Waals surface area (Å²) in [5.74, 6) is 0.615. The average Bonchev–Trinajstić information content (AvgIpc) is 3.20. The Bertz CT molecular complexity index is 386. The van der Waals surface area contributed by atoms with Crippen LogP contribution in [0.5, 0.6) is 0 Å². The smallest absolute Gasteiger partial charge is 0.230 e. The summed E-state index contributed by atoms with van der Waals surface area (Å²) in [7, 11) is 0. The largest absolute Gasteiger partial charge is 0.358 e. The highest BCUT2D eigenvalue weighted by Gasteiger charge is 2.32. The first-order valence-corrected chi connectivity index (χ1v) is 9.57. The van der Waals surface area contributed by atoms with Crippen molar-refractivity contribution in [1.82, 2.24) is 15.1 Å². The maximum Gasteiger partial charge on any atom is 0.230 e. The van der Waals surface area contributed by atoms with Crippen molar-refractivity contribution in [2.45, 2.75) is 50.6 Å². The number of nitrogens with one attached hydrogen (secondary N) is 1. The molecule has 2 aliphatic heterocycles. The summed E-state index contributed by atoms with van der Waals surface area (Å²) in [4.78, 5) is 16.8. The van der Waals surface area contributed by atoms with E-state index < -0.39 is 0 Å². The molecule has 0 radical (unpaired) electrons. The van der Waals surface area contributed by atoms with Gasteiger partial charge in [0, 0.05) is 38.3 Å². The number of amides is 1. The van der Waals surface area contributed by atoms with Crippen molar-refractivity contribution in [2.75, 3.05) is 31.9 Å². The Hall–Kier alpha value is -0.330. The Morgan fingerprint density at radius 2 is 1.76 bits per heavy atom. The van der Waals surface area contributed by atoms with Gasteiger partial charge in [0.2, 0.25) is 5.91 Å². The van der Waals surface area contributed by atoms with E-state index >= 15 is 0 Å². The van der Waals surface area contributed by atoms with Gasteiger partial charge in [-0.3, -0.25) is 4.79 Å². The highest BCUT2D eigenvalue weighted by Crippen LogP contribution is 2.29. The Balaban J connectivity index is 1.31. The molecule has 2 heterocycles. The van der Waals surface area contributed by atoms with Crippen LogP contribution in [0.2, 0.25) is 0 Å². The fraction of sp³-hybridized carbons (Fsp3) is 0.867. The molecular weight excluding hydrogens is 302 g/mol. The minimum absolute atomic E-state index is 0.145. The van der Waals surface area contributed by atoms with Crippen LogP contribution in [0.15, 0.2) is 0 Å². The molecule has 0 bridgehead atoms. The summed E-state index contributed by atoms with van der Waals surface area (Å²) in [5, 5.41) is 3.18. The van der Waals surface area contributed by atoms with Gasteiger partial charge < -0.3 is 15.1 Å². The quantitative estimate of drug-likeness (QED) is 0.797. The van der Waals surface area contributed by atoms with Crippen molar-refractivity contribution in [2.24, 2.45) is 0 Å². The van der Waals surface area contributed by atoms with Gasteiger partial charge in [0.15, 0.2) is 0 Å². The summed E-state index contributed by atoms with van der Waals surface area (Å²) >= 11 is 6.91. The second-order valence-corrected chi connectivity index (χ2v) is 7.97. The van der Waals surface area contributed by atoms with Crippen molar-refractivity contribution in [3.8, 4) is 0 Å². The summed E-state index contributed by atoms with van der Waals surface area (Å²) < 4.78 is 0.895. The molecule has 2 saturated heterocycles. The lowest BCUT2D eigenvalue weighted by Crippen LogP contribution is -2.45. The van der Waals surface area contributed by atoms with Gasteiger partial charge in [0.05, 0.1) is 5.75 Å². The van der Waals surface area contributed by atoms with E-state index in [1.54, 1.807) is 0 Å². The standard InChI is InChI=1S/C15H25N3OS2/c19-14(11-21-15(20)18-7-1-2-8-18)16-12-5-9-17(10-6-12)13-3-4-13/h12-13H,1-11H2,(H,16,19). The minimum atomic E-state index is 0.145. The predicted octanol–water partition coefficient (Wildman–Crippen LogP) is 1.84. The van der Waals surface area contributed by atoms with Crippen LogP contribution in [-0.4, -0.2) is 64.0 Å². The first-order chi connectivity index (χ1) is 10.2. The van der Waals surface area contributed by atoms with Crippen LogP contribution >= 0.6 is 24.0 Å². The van der Waals surface area contributed by atoms with Crippen LogP contribution in [0, 0.1) is 0 Å². The number of carbonyl (C=O) groups excluding carboxylic acids is 1. The molecule has 21 heavy (non-hydrogen) atoms. The van der Waals surface area contributed by atoms with Crippen molar-refractivity contribution < 1.29 is 4.79 Å². The molecule has 1 amide bonds. The molecule has 3 fully saturated rings. The maximum absolute atomic E-state index is 12.0. The van der Waals surface area contributed by atoms with Gasteiger partial charge in [-0.1, -0.05) is 24.0 Å². The zero-order chi connectivity index (χ0) is 14.7. The molecular formula is C15H25N3OS2. The zero-order valence-corrected chi connectivity index (χ0v) is 14.2. The molecule has 0 aromatic rings. The third-order valence-corrected chi connectivity index (χ3v) is 6.17. The Morgan fingerprint density at radius 1 is 1.10 bits per heavy atom. The third kappa shape index (κ3) is 4.57. The number of hydrogen-bond acceptors (Lipinski definition) is 4. The summed E-state index contributed by atoms with van der Waals surface area (Å²) in [6.07, 6.45) is 7.41. The molecule has 4 nitrogen and oxygen atoms in total. The third-order valence-electron chi connectivity index (χ3n) is 4.65. The average molecular weight is 328 g/mol. The van der Waals surface area contributed by atoms with Gasteiger partial charge in [-0.15, -0.1) is 0 Å². The second kappa shape index (κ2) is 7.29. The van der Waals surface area contributed by atoms with Crippen molar-refractivity contribution >= 4 is 34.2 Å². The molecule has 6 heteroatoms. The molecule has 3 aliphatic rings. The van der Waals surface area contributed by atoms with E-state index in [4.69, 9.17) is 12.2 Å².